The third kappa shape index (κ3) is 4.26. The highest BCUT2D eigenvalue weighted by atomic mass is 32.2. The molecule has 0 bridgehead atoms. The van der Waals surface area contributed by atoms with Crippen LogP contribution in [0.4, 0.5) is 4.79 Å². The summed E-state index contributed by atoms with van der Waals surface area (Å²) >= 11 is 0. The lowest BCUT2D eigenvalue weighted by atomic mass is 10.2. The monoisotopic (exact) mass is 389 g/mol. The number of ether oxygens (including phenoxy) is 1. The molecule has 0 aromatic heterocycles. The average molecular weight is 389 g/mol. The summed E-state index contributed by atoms with van der Waals surface area (Å²) in [6, 6.07) is 11.9. The SMILES string of the molecule is Cc1ccc(Oc2ccc(S(=O)(=O)N(C)CC3NC(=O)NC3=O)cc2)cc1. The van der Waals surface area contributed by atoms with Crippen molar-refractivity contribution in [1.82, 2.24) is 14.9 Å². The zero-order valence-electron chi connectivity index (χ0n) is 14.8. The molecule has 2 N–H and O–H groups in total. The molecule has 0 spiro atoms. The van der Waals surface area contributed by atoms with E-state index in [0.717, 1.165) is 9.87 Å². The zero-order valence-corrected chi connectivity index (χ0v) is 15.6. The van der Waals surface area contributed by atoms with Gasteiger partial charge in [0.1, 0.15) is 17.5 Å². The molecular formula is C18H19N3O5S. The van der Waals surface area contributed by atoms with E-state index in [4.69, 9.17) is 4.74 Å². The van der Waals surface area contributed by atoms with Crippen LogP contribution in [0, 0.1) is 6.92 Å². The summed E-state index contributed by atoms with van der Waals surface area (Å²) in [5.41, 5.74) is 1.11. The Balaban J connectivity index is 1.70. The minimum absolute atomic E-state index is 0.0611. The maximum atomic E-state index is 12.7. The van der Waals surface area contributed by atoms with Crippen molar-refractivity contribution in [3.05, 3.63) is 54.1 Å². The number of hydrogen-bond donors (Lipinski definition) is 2. The number of imide groups is 1. The summed E-state index contributed by atoms with van der Waals surface area (Å²) in [7, 11) is -2.47. The van der Waals surface area contributed by atoms with Crippen LogP contribution < -0.4 is 15.4 Å². The van der Waals surface area contributed by atoms with Gasteiger partial charge in [0.05, 0.1) is 4.90 Å². The summed E-state index contributed by atoms with van der Waals surface area (Å²) in [4.78, 5) is 22.8. The molecule has 3 amide bonds. The molecule has 2 aromatic carbocycles. The normalized spacial score (nSPS) is 16.9. The lowest BCUT2D eigenvalue weighted by Crippen LogP contribution is -2.42. The number of benzene rings is 2. The summed E-state index contributed by atoms with van der Waals surface area (Å²) in [6.45, 7) is 1.81. The number of nitrogens with zero attached hydrogens (tertiary/aromatic N) is 1. The van der Waals surface area contributed by atoms with Crippen LogP contribution in [0.15, 0.2) is 53.4 Å². The minimum Gasteiger partial charge on any atom is -0.457 e. The van der Waals surface area contributed by atoms with Gasteiger partial charge in [0.15, 0.2) is 0 Å². The lowest BCUT2D eigenvalue weighted by Gasteiger charge is -2.19. The number of urea groups is 1. The smallest absolute Gasteiger partial charge is 0.322 e. The molecule has 8 nitrogen and oxygen atoms in total. The molecule has 0 saturated carbocycles. The quantitative estimate of drug-likeness (QED) is 0.731. The van der Waals surface area contributed by atoms with Gasteiger partial charge in [0.2, 0.25) is 10.0 Å². The summed E-state index contributed by atoms with van der Waals surface area (Å²) < 4.78 is 32.0. The van der Waals surface area contributed by atoms with Gasteiger partial charge in [-0.3, -0.25) is 10.1 Å². The number of sulfonamides is 1. The average Bonchev–Trinajstić information content (AvgIpc) is 2.94. The highest BCUT2D eigenvalue weighted by molar-refractivity contribution is 7.89. The third-order valence-electron chi connectivity index (χ3n) is 4.09. The Bertz CT molecular complexity index is 955. The Morgan fingerprint density at radius 2 is 1.56 bits per heavy atom. The van der Waals surface area contributed by atoms with Gasteiger partial charge in [-0.15, -0.1) is 0 Å². The molecule has 9 heteroatoms. The van der Waals surface area contributed by atoms with Crippen molar-refractivity contribution < 1.29 is 22.7 Å². The van der Waals surface area contributed by atoms with E-state index < -0.39 is 28.0 Å². The van der Waals surface area contributed by atoms with Gasteiger partial charge in [-0.1, -0.05) is 17.7 Å². The van der Waals surface area contributed by atoms with Gasteiger partial charge in [0.25, 0.3) is 5.91 Å². The molecule has 0 radical (unpaired) electrons. The first-order chi connectivity index (χ1) is 12.8. The van der Waals surface area contributed by atoms with Crippen molar-refractivity contribution >= 4 is 22.0 Å². The van der Waals surface area contributed by atoms with Crippen LogP contribution >= 0.6 is 0 Å². The van der Waals surface area contributed by atoms with Crippen molar-refractivity contribution in [1.29, 1.82) is 0 Å². The molecule has 1 aliphatic rings. The first-order valence-corrected chi connectivity index (χ1v) is 9.62. The highest BCUT2D eigenvalue weighted by Gasteiger charge is 2.33. The molecular weight excluding hydrogens is 370 g/mol. The predicted octanol–water partition coefficient (Wildman–Crippen LogP) is 1.62. The Hall–Kier alpha value is -2.91. The Morgan fingerprint density at radius 3 is 2.07 bits per heavy atom. The van der Waals surface area contributed by atoms with Crippen LogP contribution in [0.25, 0.3) is 0 Å². The van der Waals surface area contributed by atoms with Gasteiger partial charge >= 0.3 is 6.03 Å². The molecule has 142 valence electrons. The predicted molar refractivity (Wildman–Crippen MR) is 98.0 cm³/mol. The topological polar surface area (TPSA) is 105 Å². The van der Waals surface area contributed by atoms with Gasteiger partial charge in [-0.2, -0.15) is 4.31 Å². The van der Waals surface area contributed by atoms with E-state index in [2.05, 4.69) is 10.6 Å². The zero-order chi connectivity index (χ0) is 19.6. The minimum atomic E-state index is -3.82. The van der Waals surface area contributed by atoms with Crippen LogP contribution in [0.1, 0.15) is 5.56 Å². The Kier molecular flexibility index (Phi) is 5.15. The molecule has 1 saturated heterocycles. The maximum Gasteiger partial charge on any atom is 0.322 e. The van der Waals surface area contributed by atoms with Gasteiger partial charge in [-0.25, -0.2) is 13.2 Å². The third-order valence-corrected chi connectivity index (χ3v) is 5.92. The molecule has 1 fully saturated rings. The maximum absolute atomic E-state index is 12.7. The number of carbonyl (C=O) groups is 2. The Labute approximate surface area is 157 Å². The number of aryl methyl sites for hydroxylation is 1. The fourth-order valence-electron chi connectivity index (χ4n) is 2.54. The molecule has 27 heavy (non-hydrogen) atoms. The molecule has 1 aliphatic heterocycles. The second kappa shape index (κ2) is 7.37. The van der Waals surface area contributed by atoms with E-state index in [0.29, 0.717) is 11.5 Å². The lowest BCUT2D eigenvalue weighted by molar-refractivity contribution is -0.120. The number of carbonyl (C=O) groups excluding carboxylic acids is 2. The molecule has 1 atom stereocenters. The van der Waals surface area contributed by atoms with Crippen molar-refractivity contribution in [2.24, 2.45) is 0 Å². The van der Waals surface area contributed by atoms with E-state index in [1.165, 1.54) is 19.2 Å². The number of amides is 3. The standard InChI is InChI=1S/C18H19N3O5S/c1-12-3-5-13(6-4-12)26-14-7-9-15(10-8-14)27(24,25)21(2)11-16-17(22)20-18(23)19-16/h3-10,16H,11H2,1-2H3,(H2,19,20,22,23). The number of nitrogens with one attached hydrogen (secondary N) is 2. The van der Waals surface area contributed by atoms with Gasteiger partial charge in [-0.05, 0) is 43.3 Å². The van der Waals surface area contributed by atoms with Crippen LogP contribution in [-0.4, -0.2) is 44.3 Å². The van der Waals surface area contributed by atoms with Gasteiger partial charge < -0.3 is 10.1 Å². The molecule has 3 rings (SSSR count). The van der Waals surface area contributed by atoms with Crippen LogP contribution in [0.2, 0.25) is 0 Å². The second-order valence-corrected chi connectivity index (χ2v) is 8.23. The molecule has 2 aromatic rings. The second-order valence-electron chi connectivity index (χ2n) is 6.19. The fraction of sp³-hybridized carbons (Fsp3) is 0.222. The van der Waals surface area contributed by atoms with Crippen molar-refractivity contribution in [2.45, 2.75) is 17.9 Å². The van der Waals surface area contributed by atoms with Crippen LogP contribution in [-0.2, 0) is 14.8 Å². The Morgan fingerprint density at radius 1 is 1.00 bits per heavy atom. The number of likely N-dealkylation sites (N-methyl/N-ethyl adjacent to an activating group) is 1. The largest absolute Gasteiger partial charge is 0.457 e. The summed E-state index contributed by atoms with van der Waals surface area (Å²) in [5, 5.41) is 4.44. The van der Waals surface area contributed by atoms with E-state index >= 15 is 0 Å². The van der Waals surface area contributed by atoms with Crippen molar-refractivity contribution in [3.63, 3.8) is 0 Å². The van der Waals surface area contributed by atoms with Crippen LogP contribution in [0.3, 0.4) is 0 Å². The number of hydrogen-bond acceptors (Lipinski definition) is 5. The van der Waals surface area contributed by atoms with Gasteiger partial charge in [0, 0.05) is 13.6 Å². The van der Waals surface area contributed by atoms with Crippen molar-refractivity contribution in [2.75, 3.05) is 13.6 Å². The molecule has 1 heterocycles. The number of rotatable bonds is 6. The first-order valence-electron chi connectivity index (χ1n) is 8.18. The first kappa shape index (κ1) is 18.9. The highest BCUT2D eigenvalue weighted by Crippen LogP contribution is 2.24. The molecule has 1 unspecified atom stereocenters. The van der Waals surface area contributed by atoms with Crippen LogP contribution in [0.5, 0.6) is 11.5 Å². The van der Waals surface area contributed by atoms with E-state index in [-0.39, 0.29) is 11.4 Å². The van der Waals surface area contributed by atoms with Crippen molar-refractivity contribution in [3.8, 4) is 11.5 Å². The van der Waals surface area contributed by atoms with E-state index in [1.54, 1.807) is 12.1 Å². The summed E-state index contributed by atoms with van der Waals surface area (Å²) in [6.07, 6.45) is 0. The summed E-state index contributed by atoms with van der Waals surface area (Å²) in [5.74, 6) is 0.600. The van der Waals surface area contributed by atoms with E-state index in [9.17, 15) is 18.0 Å². The fourth-order valence-corrected chi connectivity index (χ4v) is 3.73. The molecule has 0 aliphatic carbocycles. The van der Waals surface area contributed by atoms with E-state index in [1.807, 2.05) is 31.2 Å².